The van der Waals surface area contributed by atoms with Crippen molar-refractivity contribution in [2.24, 2.45) is 0 Å². The lowest BCUT2D eigenvalue weighted by Crippen LogP contribution is -2.12. The summed E-state index contributed by atoms with van der Waals surface area (Å²) in [5, 5.41) is 8.29. The van der Waals surface area contributed by atoms with Gasteiger partial charge in [-0.1, -0.05) is 12.1 Å². The van der Waals surface area contributed by atoms with Crippen molar-refractivity contribution in [1.29, 1.82) is 0 Å². The van der Waals surface area contributed by atoms with Gasteiger partial charge in [-0.2, -0.15) is 0 Å². The van der Waals surface area contributed by atoms with Gasteiger partial charge in [0.05, 0.1) is 16.9 Å². The quantitative estimate of drug-likeness (QED) is 0.274. The Morgan fingerprint density at radius 3 is 2.47 bits per heavy atom. The summed E-state index contributed by atoms with van der Waals surface area (Å²) in [6.45, 7) is 2.57. The third kappa shape index (κ3) is 4.58. The minimum Gasteiger partial charge on any atom is -0.494 e. The first-order valence-electron chi connectivity index (χ1n) is 10.3. The normalized spacial score (nSPS) is 11.4. The Morgan fingerprint density at radius 1 is 0.971 bits per heavy atom. The predicted molar refractivity (Wildman–Crippen MR) is 137 cm³/mol. The molecule has 0 aliphatic carbocycles. The zero-order valence-electron chi connectivity index (χ0n) is 17.9. The molecule has 2 aromatic carbocycles. The molecule has 0 atom stereocenters. The molecule has 0 aliphatic rings. The van der Waals surface area contributed by atoms with Crippen LogP contribution in [0.4, 0.5) is 16.6 Å². The number of anilines is 3. The lowest BCUT2D eigenvalue weighted by Gasteiger charge is -2.10. The van der Waals surface area contributed by atoms with Gasteiger partial charge in [-0.15, -0.1) is 22.7 Å². The molecule has 5 aromatic rings. The standard InChI is InChI=1S/C23H19N5O3S3/c1-2-31-17-7-3-15(4-8-17)19-13-33-22-20(19)21(25-14-26-22)27-16-5-9-18(10-6-16)34(29,30)28-23-24-11-12-32-23/h3-14H,2H2,1H3,(H,24,28)(H,25,26,27). The number of rotatable bonds is 8. The first-order chi connectivity index (χ1) is 16.5. The van der Waals surface area contributed by atoms with E-state index in [1.54, 1.807) is 35.0 Å². The number of hydrogen-bond donors (Lipinski definition) is 2. The number of ether oxygens (including phenoxy) is 1. The Labute approximate surface area is 204 Å². The number of hydrogen-bond acceptors (Lipinski definition) is 9. The maximum atomic E-state index is 12.6. The predicted octanol–water partition coefficient (Wildman–Crippen LogP) is 5.76. The molecule has 0 saturated heterocycles. The molecule has 0 saturated carbocycles. The molecule has 34 heavy (non-hydrogen) atoms. The van der Waals surface area contributed by atoms with Crippen LogP contribution in [0.1, 0.15) is 6.92 Å². The summed E-state index contributed by atoms with van der Waals surface area (Å²) in [7, 11) is -3.71. The molecular weight excluding hydrogens is 490 g/mol. The van der Waals surface area contributed by atoms with Crippen LogP contribution >= 0.6 is 22.7 Å². The molecule has 0 fully saturated rings. The summed E-state index contributed by atoms with van der Waals surface area (Å²) in [4.78, 5) is 13.8. The van der Waals surface area contributed by atoms with Crippen LogP contribution in [0, 0.1) is 0 Å². The monoisotopic (exact) mass is 509 g/mol. The molecule has 3 heterocycles. The molecule has 172 valence electrons. The van der Waals surface area contributed by atoms with E-state index in [1.807, 2.05) is 31.2 Å². The summed E-state index contributed by atoms with van der Waals surface area (Å²) >= 11 is 2.76. The third-order valence-corrected chi connectivity index (χ3v) is 7.99. The van der Waals surface area contributed by atoms with Gasteiger partial charge < -0.3 is 10.1 Å². The molecular formula is C23H19N5O3S3. The maximum Gasteiger partial charge on any atom is 0.263 e. The fourth-order valence-corrected chi connectivity index (χ4v) is 6.09. The van der Waals surface area contributed by atoms with Crippen LogP contribution in [0.25, 0.3) is 21.3 Å². The Bertz CT molecular complexity index is 1510. The van der Waals surface area contributed by atoms with E-state index >= 15 is 0 Å². The van der Waals surface area contributed by atoms with Gasteiger partial charge in [0.2, 0.25) is 0 Å². The van der Waals surface area contributed by atoms with Gasteiger partial charge in [-0.3, -0.25) is 4.72 Å². The number of fused-ring (bicyclic) bond motifs is 1. The van der Waals surface area contributed by atoms with Gasteiger partial charge in [0.25, 0.3) is 10.0 Å². The highest BCUT2D eigenvalue weighted by atomic mass is 32.2. The highest BCUT2D eigenvalue weighted by molar-refractivity contribution is 7.93. The van der Waals surface area contributed by atoms with Crippen LogP contribution in [0.3, 0.4) is 0 Å². The molecule has 8 nitrogen and oxygen atoms in total. The fraction of sp³-hybridized carbons (Fsp3) is 0.0870. The van der Waals surface area contributed by atoms with Crippen molar-refractivity contribution in [3.8, 4) is 16.9 Å². The second-order valence-electron chi connectivity index (χ2n) is 7.10. The molecule has 3 aromatic heterocycles. The van der Waals surface area contributed by atoms with E-state index in [4.69, 9.17) is 4.74 Å². The highest BCUT2D eigenvalue weighted by Gasteiger charge is 2.17. The second kappa shape index (κ2) is 9.37. The lowest BCUT2D eigenvalue weighted by molar-refractivity contribution is 0.340. The zero-order valence-corrected chi connectivity index (χ0v) is 20.4. The second-order valence-corrected chi connectivity index (χ2v) is 10.5. The van der Waals surface area contributed by atoms with Crippen molar-refractivity contribution in [3.63, 3.8) is 0 Å². The van der Waals surface area contributed by atoms with Crippen LogP contribution in [-0.2, 0) is 10.0 Å². The number of sulfonamides is 1. The van der Waals surface area contributed by atoms with Crippen molar-refractivity contribution in [3.05, 3.63) is 71.8 Å². The van der Waals surface area contributed by atoms with Gasteiger partial charge in [0.1, 0.15) is 22.7 Å². The molecule has 0 bridgehead atoms. The Balaban J connectivity index is 1.42. The van der Waals surface area contributed by atoms with Crippen LogP contribution in [-0.4, -0.2) is 30.0 Å². The van der Waals surface area contributed by atoms with Crippen molar-refractivity contribution in [2.45, 2.75) is 11.8 Å². The average Bonchev–Trinajstić information content (AvgIpc) is 3.50. The summed E-state index contributed by atoms with van der Waals surface area (Å²) < 4.78 is 33.2. The number of aromatic nitrogens is 3. The fourth-order valence-electron chi connectivity index (χ4n) is 3.38. The van der Waals surface area contributed by atoms with E-state index in [1.165, 1.54) is 29.8 Å². The number of thiazole rings is 1. The van der Waals surface area contributed by atoms with Crippen LogP contribution in [0.2, 0.25) is 0 Å². The van der Waals surface area contributed by atoms with E-state index in [-0.39, 0.29) is 4.90 Å². The molecule has 11 heteroatoms. The zero-order chi connectivity index (χ0) is 23.5. The average molecular weight is 510 g/mol. The molecule has 0 amide bonds. The molecule has 0 spiro atoms. The molecule has 0 unspecified atom stereocenters. The topological polar surface area (TPSA) is 106 Å². The first kappa shape index (κ1) is 22.3. The minimum atomic E-state index is -3.71. The maximum absolute atomic E-state index is 12.6. The van der Waals surface area contributed by atoms with Crippen molar-refractivity contribution in [1.82, 2.24) is 15.0 Å². The van der Waals surface area contributed by atoms with E-state index in [0.29, 0.717) is 23.2 Å². The molecule has 2 N–H and O–H groups in total. The van der Waals surface area contributed by atoms with Gasteiger partial charge in [0, 0.05) is 28.2 Å². The number of benzene rings is 2. The number of nitrogens with one attached hydrogen (secondary N) is 2. The van der Waals surface area contributed by atoms with Gasteiger partial charge in [-0.05, 0) is 48.9 Å². The summed E-state index contributed by atoms with van der Waals surface area (Å²) in [6.07, 6.45) is 3.06. The summed E-state index contributed by atoms with van der Waals surface area (Å²) in [5.74, 6) is 1.46. The van der Waals surface area contributed by atoms with E-state index in [9.17, 15) is 8.42 Å². The minimum absolute atomic E-state index is 0.145. The van der Waals surface area contributed by atoms with Gasteiger partial charge in [-0.25, -0.2) is 23.4 Å². The van der Waals surface area contributed by atoms with Gasteiger partial charge in [0.15, 0.2) is 5.13 Å². The molecule has 5 rings (SSSR count). The van der Waals surface area contributed by atoms with Crippen LogP contribution in [0.15, 0.2) is 76.7 Å². The van der Waals surface area contributed by atoms with E-state index in [2.05, 4.69) is 30.4 Å². The largest absolute Gasteiger partial charge is 0.494 e. The Kier molecular flexibility index (Phi) is 6.14. The number of thiophene rings is 1. The van der Waals surface area contributed by atoms with E-state index in [0.717, 1.165) is 27.1 Å². The highest BCUT2D eigenvalue weighted by Crippen LogP contribution is 2.38. The third-order valence-electron chi connectivity index (χ3n) is 4.93. The first-order valence-corrected chi connectivity index (χ1v) is 13.5. The van der Waals surface area contributed by atoms with E-state index < -0.39 is 10.0 Å². The van der Waals surface area contributed by atoms with Crippen LogP contribution < -0.4 is 14.8 Å². The van der Waals surface area contributed by atoms with Crippen molar-refractivity contribution >= 4 is 59.6 Å². The van der Waals surface area contributed by atoms with Gasteiger partial charge >= 0.3 is 0 Å². The Hall–Kier alpha value is -3.54. The summed E-state index contributed by atoms with van der Waals surface area (Å²) in [5.41, 5.74) is 2.75. The number of nitrogens with zero attached hydrogens (tertiary/aromatic N) is 3. The van der Waals surface area contributed by atoms with Crippen LogP contribution in [0.5, 0.6) is 5.75 Å². The molecule has 0 aliphatic heterocycles. The van der Waals surface area contributed by atoms with Crippen molar-refractivity contribution in [2.75, 3.05) is 16.6 Å². The molecule has 0 radical (unpaired) electrons. The Morgan fingerprint density at radius 2 is 1.76 bits per heavy atom. The summed E-state index contributed by atoms with van der Waals surface area (Å²) in [6, 6.07) is 14.4. The lowest BCUT2D eigenvalue weighted by atomic mass is 10.1. The SMILES string of the molecule is CCOc1ccc(-c2csc3ncnc(Nc4ccc(S(=O)(=O)Nc5nccs5)cc4)c23)cc1. The smallest absolute Gasteiger partial charge is 0.263 e. The van der Waals surface area contributed by atoms with Crippen molar-refractivity contribution < 1.29 is 13.2 Å².